The zero-order chi connectivity index (χ0) is 24.7. The molecule has 1 aromatic heterocycles. The average molecular weight is 496 g/mol. The van der Waals surface area contributed by atoms with Gasteiger partial charge in [0.05, 0.1) is 5.69 Å². The zero-order valence-electron chi connectivity index (χ0n) is 20.1. The summed E-state index contributed by atoms with van der Waals surface area (Å²) in [7, 11) is 0. The first-order valence-electron chi connectivity index (χ1n) is 12.4. The van der Waals surface area contributed by atoms with E-state index in [1.165, 1.54) is 16.9 Å². The molecule has 0 spiro atoms. The molecule has 2 heterocycles. The maximum atomic E-state index is 13.6. The summed E-state index contributed by atoms with van der Waals surface area (Å²) in [5.41, 5.74) is 3.86. The van der Waals surface area contributed by atoms with Crippen LogP contribution in [-0.2, 0) is 11.2 Å². The number of piperidine rings is 1. The van der Waals surface area contributed by atoms with Gasteiger partial charge in [0.15, 0.2) is 0 Å². The van der Waals surface area contributed by atoms with E-state index in [0.29, 0.717) is 24.4 Å². The Labute approximate surface area is 215 Å². The minimum absolute atomic E-state index is 0.0161. The van der Waals surface area contributed by atoms with Crippen molar-refractivity contribution < 1.29 is 9.59 Å². The van der Waals surface area contributed by atoms with E-state index >= 15 is 0 Å². The third-order valence-corrected chi connectivity index (χ3v) is 7.61. The first kappa shape index (κ1) is 23.9. The lowest BCUT2D eigenvalue weighted by molar-refractivity contribution is -0.122. The summed E-state index contributed by atoms with van der Waals surface area (Å²) in [6.07, 6.45) is 2.73. The van der Waals surface area contributed by atoms with E-state index in [9.17, 15) is 9.59 Å². The molecule has 1 saturated heterocycles. The van der Waals surface area contributed by atoms with Crippen LogP contribution in [0.1, 0.15) is 34.5 Å². The van der Waals surface area contributed by atoms with E-state index in [2.05, 4.69) is 5.32 Å². The maximum Gasteiger partial charge on any atom is 0.266 e. The van der Waals surface area contributed by atoms with Crippen LogP contribution < -0.4 is 5.32 Å². The number of rotatable bonds is 7. The second-order valence-corrected chi connectivity index (χ2v) is 10.0. The standard InChI is InChI=1S/C30H29N3O2S/c34-26(17-16-22-10-4-1-5-11-22)31-25-18-20-33(21-19-25)30(35)28-27(23-12-6-2-7-13-23)32-29(36-28)24-14-8-3-9-15-24/h1-15,25H,16-21H2,(H,31,34). The van der Waals surface area contributed by atoms with E-state index in [1.54, 1.807) is 0 Å². The highest BCUT2D eigenvalue weighted by atomic mass is 32.1. The highest BCUT2D eigenvalue weighted by molar-refractivity contribution is 7.17. The fourth-order valence-electron chi connectivity index (χ4n) is 4.53. The van der Waals surface area contributed by atoms with Crippen LogP contribution >= 0.6 is 11.3 Å². The van der Waals surface area contributed by atoms with Gasteiger partial charge in [-0.05, 0) is 24.8 Å². The Morgan fingerprint density at radius 2 is 1.42 bits per heavy atom. The molecule has 2 amide bonds. The number of aromatic nitrogens is 1. The van der Waals surface area contributed by atoms with Gasteiger partial charge in [0.1, 0.15) is 9.88 Å². The van der Waals surface area contributed by atoms with Crippen LogP contribution in [-0.4, -0.2) is 40.8 Å². The summed E-state index contributed by atoms with van der Waals surface area (Å²) in [6.45, 7) is 1.24. The lowest BCUT2D eigenvalue weighted by atomic mass is 10.0. The van der Waals surface area contributed by atoms with Crippen LogP contribution in [0, 0.1) is 0 Å². The van der Waals surface area contributed by atoms with Gasteiger partial charge in [-0.3, -0.25) is 9.59 Å². The first-order valence-corrected chi connectivity index (χ1v) is 13.2. The molecule has 1 aliphatic rings. The van der Waals surface area contributed by atoms with Gasteiger partial charge in [0.25, 0.3) is 5.91 Å². The topological polar surface area (TPSA) is 62.3 Å². The summed E-state index contributed by atoms with van der Waals surface area (Å²) < 4.78 is 0. The predicted octanol–water partition coefficient (Wildman–Crippen LogP) is 5.83. The number of amides is 2. The molecule has 1 aliphatic heterocycles. The third-order valence-electron chi connectivity index (χ3n) is 6.52. The van der Waals surface area contributed by atoms with Gasteiger partial charge in [-0.25, -0.2) is 4.98 Å². The van der Waals surface area contributed by atoms with Crippen LogP contribution in [0.3, 0.4) is 0 Å². The van der Waals surface area contributed by atoms with Crippen molar-refractivity contribution in [2.24, 2.45) is 0 Å². The Morgan fingerprint density at radius 3 is 2.06 bits per heavy atom. The second-order valence-electron chi connectivity index (χ2n) is 9.05. The SMILES string of the molecule is O=C(CCc1ccccc1)NC1CCN(C(=O)c2sc(-c3ccccc3)nc2-c2ccccc2)CC1. The number of benzene rings is 3. The van der Waals surface area contributed by atoms with Crippen molar-refractivity contribution in [3.63, 3.8) is 0 Å². The van der Waals surface area contributed by atoms with Crippen LogP contribution in [0.4, 0.5) is 0 Å². The van der Waals surface area contributed by atoms with E-state index in [1.807, 2.05) is 95.9 Å². The molecule has 4 aromatic rings. The fourth-order valence-corrected chi connectivity index (χ4v) is 5.59. The van der Waals surface area contributed by atoms with E-state index in [-0.39, 0.29) is 17.9 Å². The molecular formula is C30H29N3O2S. The minimum atomic E-state index is 0.0161. The summed E-state index contributed by atoms with van der Waals surface area (Å²) in [6, 6.07) is 30.1. The molecule has 0 aliphatic carbocycles. The van der Waals surface area contributed by atoms with Crippen molar-refractivity contribution in [2.45, 2.75) is 31.7 Å². The molecule has 0 unspecified atom stereocenters. The van der Waals surface area contributed by atoms with Crippen molar-refractivity contribution in [2.75, 3.05) is 13.1 Å². The molecule has 0 atom stereocenters. The van der Waals surface area contributed by atoms with E-state index in [0.717, 1.165) is 41.1 Å². The maximum absolute atomic E-state index is 13.6. The molecule has 0 bridgehead atoms. The predicted molar refractivity (Wildman–Crippen MR) is 145 cm³/mol. The largest absolute Gasteiger partial charge is 0.353 e. The zero-order valence-corrected chi connectivity index (χ0v) is 20.9. The number of likely N-dealkylation sites (tertiary alicyclic amines) is 1. The van der Waals surface area contributed by atoms with Crippen LogP contribution in [0.2, 0.25) is 0 Å². The van der Waals surface area contributed by atoms with Gasteiger partial charge in [0, 0.05) is 36.7 Å². The Balaban J connectivity index is 1.24. The number of carbonyl (C=O) groups is 2. The monoisotopic (exact) mass is 495 g/mol. The van der Waals surface area contributed by atoms with Gasteiger partial charge >= 0.3 is 0 Å². The lowest BCUT2D eigenvalue weighted by Gasteiger charge is -2.32. The smallest absolute Gasteiger partial charge is 0.266 e. The van der Waals surface area contributed by atoms with Crippen molar-refractivity contribution in [1.29, 1.82) is 0 Å². The van der Waals surface area contributed by atoms with Crippen molar-refractivity contribution in [3.05, 3.63) is 101 Å². The van der Waals surface area contributed by atoms with E-state index < -0.39 is 0 Å². The molecule has 0 radical (unpaired) electrons. The molecule has 5 rings (SSSR count). The van der Waals surface area contributed by atoms with Crippen LogP contribution in [0.15, 0.2) is 91.0 Å². The number of carbonyl (C=O) groups excluding carboxylic acids is 2. The number of hydrogen-bond donors (Lipinski definition) is 1. The third kappa shape index (κ3) is 5.71. The molecule has 36 heavy (non-hydrogen) atoms. The number of thiazole rings is 1. The summed E-state index contributed by atoms with van der Waals surface area (Å²) >= 11 is 1.45. The highest BCUT2D eigenvalue weighted by Gasteiger charge is 2.28. The average Bonchev–Trinajstić information content (AvgIpc) is 3.39. The van der Waals surface area contributed by atoms with Crippen LogP contribution in [0.5, 0.6) is 0 Å². The summed E-state index contributed by atoms with van der Waals surface area (Å²) in [5, 5.41) is 4.01. The van der Waals surface area contributed by atoms with Gasteiger partial charge in [-0.1, -0.05) is 91.0 Å². The van der Waals surface area contributed by atoms with Gasteiger partial charge < -0.3 is 10.2 Å². The fraction of sp³-hybridized carbons (Fsp3) is 0.233. The van der Waals surface area contributed by atoms with Crippen molar-refractivity contribution in [3.8, 4) is 21.8 Å². The lowest BCUT2D eigenvalue weighted by Crippen LogP contribution is -2.46. The Bertz CT molecular complexity index is 1300. The number of nitrogens with one attached hydrogen (secondary N) is 1. The Hall–Kier alpha value is -3.77. The quantitative estimate of drug-likeness (QED) is 0.351. The van der Waals surface area contributed by atoms with Crippen molar-refractivity contribution >= 4 is 23.2 Å². The normalized spacial score (nSPS) is 13.9. The first-order chi connectivity index (χ1) is 17.7. The summed E-state index contributed by atoms with van der Waals surface area (Å²) in [4.78, 5) is 33.6. The molecule has 1 N–H and O–H groups in total. The molecule has 3 aromatic carbocycles. The van der Waals surface area contributed by atoms with Gasteiger partial charge in [-0.2, -0.15) is 0 Å². The van der Waals surface area contributed by atoms with Crippen molar-refractivity contribution in [1.82, 2.24) is 15.2 Å². The van der Waals surface area contributed by atoms with Crippen LogP contribution in [0.25, 0.3) is 21.8 Å². The molecule has 0 saturated carbocycles. The molecular weight excluding hydrogens is 466 g/mol. The Morgan fingerprint density at radius 1 is 0.833 bits per heavy atom. The molecule has 6 heteroatoms. The molecule has 182 valence electrons. The second kappa shape index (κ2) is 11.3. The Kier molecular flexibility index (Phi) is 7.52. The number of hydrogen-bond acceptors (Lipinski definition) is 4. The molecule has 1 fully saturated rings. The van der Waals surface area contributed by atoms with Gasteiger partial charge in [-0.15, -0.1) is 11.3 Å². The van der Waals surface area contributed by atoms with E-state index in [4.69, 9.17) is 4.98 Å². The number of nitrogens with zero attached hydrogens (tertiary/aromatic N) is 2. The highest BCUT2D eigenvalue weighted by Crippen LogP contribution is 2.35. The number of aryl methyl sites for hydroxylation is 1. The van der Waals surface area contributed by atoms with Gasteiger partial charge in [0.2, 0.25) is 5.91 Å². The molecule has 5 nitrogen and oxygen atoms in total. The summed E-state index contributed by atoms with van der Waals surface area (Å²) in [5.74, 6) is 0.0901. The minimum Gasteiger partial charge on any atom is -0.353 e.